The molecule has 1 aliphatic heterocycles. The van der Waals surface area contributed by atoms with Crippen LogP contribution >= 0.6 is 27.5 Å². The fourth-order valence-corrected chi connectivity index (χ4v) is 3.16. The molecule has 0 aliphatic carbocycles. The molecule has 0 saturated carbocycles. The van der Waals surface area contributed by atoms with Gasteiger partial charge in [-0.05, 0) is 41.8 Å². The van der Waals surface area contributed by atoms with Gasteiger partial charge < -0.3 is 10.5 Å². The molecule has 1 atom stereocenters. The molecular weight excluding hydrogens is 338 g/mol. The Bertz CT molecular complexity index is 672. The average molecular weight is 353 g/mol. The summed E-state index contributed by atoms with van der Waals surface area (Å²) in [6.07, 6.45) is 0.896. The van der Waals surface area contributed by atoms with Crippen LogP contribution in [0.5, 0.6) is 5.75 Å². The molecule has 1 heterocycles. The second kappa shape index (κ2) is 5.40. The molecule has 0 saturated heterocycles. The summed E-state index contributed by atoms with van der Waals surface area (Å²) in [5.41, 5.74) is 10.8. The first-order chi connectivity index (χ1) is 9.56. The van der Waals surface area contributed by atoms with E-state index in [4.69, 9.17) is 22.1 Å². The molecule has 2 aromatic rings. The van der Waals surface area contributed by atoms with Crippen LogP contribution in [0.25, 0.3) is 0 Å². The molecule has 1 aliphatic rings. The number of rotatable bonds is 2. The maximum Gasteiger partial charge on any atom is 0.127 e. The third-order valence-electron chi connectivity index (χ3n) is 3.67. The number of hydrogen-bond donors (Lipinski definition) is 1. The lowest BCUT2D eigenvalue weighted by atomic mass is 9.96. The summed E-state index contributed by atoms with van der Waals surface area (Å²) in [4.78, 5) is 0. The lowest BCUT2D eigenvalue weighted by molar-refractivity contribution is 0.352. The zero-order valence-corrected chi connectivity index (χ0v) is 13.5. The van der Waals surface area contributed by atoms with Gasteiger partial charge in [0.15, 0.2) is 0 Å². The third-order valence-corrected chi connectivity index (χ3v) is 4.74. The van der Waals surface area contributed by atoms with Crippen LogP contribution in [0.3, 0.4) is 0 Å². The quantitative estimate of drug-likeness (QED) is 0.870. The highest BCUT2D eigenvalue weighted by Crippen LogP contribution is 2.38. The van der Waals surface area contributed by atoms with Crippen molar-refractivity contribution in [1.29, 1.82) is 0 Å². The van der Waals surface area contributed by atoms with Gasteiger partial charge in [0.05, 0.1) is 12.6 Å². The van der Waals surface area contributed by atoms with E-state index < -0.39 is 0 Å². The molecule has 0 aromatic heterocycles. The molecule has 104 valence electrons. The van der Waals surface area contributed by atoms with Gasteiger partial charge in [0, 0.05) is 21.5 Å². The smallest absolute Gasteiger partial charge is 0.127 e. The van der Waals surface area contributed by atoms with Crippen molar-refractivity contribution >= 4 is 27.5 Å². The highest BCUT2D eigenvalue weighted by atomic mass is 79.9. The van der Waals surface area contributed by atoms with Crippen molar-refractivity contribution in [2.45, 2.75) is 19.4 Å². The van der Waals surface area contributed by atoms with Gasteiger partial charge in [-0.15, -0.1) is 0 Å². The monoisotopic (exact) mass is 351 g/mol. The van der Waals surface area contributed by atoms with E-state index in [2.05, 4.69) is 35.0 Å². The Kier molecular flexibility index (Phi) is 3.76. The summed E-state index contributed by atoms with van der Waals surface area (Å²) >= 11 is 9.75. The van der Waals surface area contributed by atoms with Crippen LogP contribution in [0, 0.1) is 6.92 Å². The number of aryl methyl sites for hydroxylation is 1. The van der Waals surface area contributed by atoms with E-state index in [9.17, 15) is 0 Å². The van der Waals surface area contributed by atoms with Crippen LogP contribution in [0.1, 0.15) is 28.3 Å². The second-order valence-electron chi connectivity index (χ2n) is 5.07. The van der Waals surface area contributed by atoms with Crippen LogP contribution in [-0.4, -0.2) is 6.61 Å². The Balaban J connectivity index is 2.06. The third kappa shape index (κ3) is 2.46. The van der Waals surface area contributed by atoms with E-state index in [0.717, 1.165) is 33.3 Å². The van der Waals surface area contributed by atoms with Gasteiger partial charge in [0.1, 0.15) is 5.75 Å². The van der Waals surface area contributed by atoms with Crippen LogP contribution in [-0.2, 0) is 6.42 Å². The number of benzene rings is 2. The van der Waals surface area contributed by atoms with Gasteiger partial charge in [-0.1, -0.05) is 39.7 Å². The Morgan fingerprint density at radius 2 is 2.10 bits per heavy atom. The Morgan fingerprint density at radius 1 is 1.30 bits per heavy atom. The Labute approximate surface area is 132 Å². The summed E-state index contributed by atoms with van der Waals surface area (Å²) in [6.45, 7) is 2.76. The molecular formula is C16H15BrClNO. The lowest BCUT2D eigenvalue weighted by Crippen LogP contribution is -2.13. The van der Waals surface area contributed by atoms with Gasteiger partial charge in [-0.3, -0.25) is 0 Å². The standard InChI is InChI=1S/C16H15BrClNO/c1-9-2-3-10(7-14(9)17)15(19)13-8-12(18)6-11-4-5-20-16(11)13/h2-3,6-8,15H,4-5,19H2,1H3. The highest BCUT2D eigenvalue weighted by molar-refractivity contribution is 9.10. The molecule has 20 heavy (non-hydrogen) atoms. The first-order valence-electron chi connectivity index (χ1n) is 6.53. The molecule has 1 unspecified atom stereocenters. The first kappa shape index (κ1) is 13.9. The number of fused-ring (bicyclic) bond motifs is 1. The van der Waals surface area contributed by atoms with E-state index in [1.807, 2.05) is 18.2 Å². The van der Waals surface area contributed by atoms with Crippen molar-refractivity contribution in [3.05, 3.63) is 62.1 Å². The number of hydrogen-bond acceptors (Lipinski definition) is 2. The largest absolute Gasteiger partial charge is 0.493 e. The molecule has 2 aromatic carbocycles. The maximum absolute atomic E-state index is 6.42. The highest BCUT2D eigenvalue weighted by Gasteiger charge is 2.22. The fraction of sp³-hybridized carbons (Fsp3) is 0.250. The average Bonchev–Trinajstić information content (AvgIpc) is 2.88. The zero-order chi connectivity index (χ0) is 14.3. The minimum atomic E-state index is -0.238. The predicted octanol–water partition coefficient (Wildman–Crippen LogP) is 4.39. The maximum atomic E-state index is 6.42. The molecule has 3 rings (SSSR count). The summed E-state index contributed by atoms with van der Waals surface area (Å²) in [5, 5.41) is 0.714. The summed E-state index contributed by atoms with van der Waals surface area (Å²) in [5.74, 6) is 0.901. The lowest BCUT2D eigenvalue weighted by Gasteiger charge is -2.17. The van der Waals surface area contributed by atoms with E-state index in [0.29, 0.717) is 11.6 Å². The second-order valence-corrected chi connectivity index (χ2v) is 6.36. The topological polar surface area (TPSA) is 35.2 Å². The molecule has 2 nitrogen and oxygen atoms in total. The normalized spacial score (nSPS) is 14.8. The minimum Gasteiger partial charge on any atom is -0.493 e. The zero-order valence-electron chi connectivity index (χ0n) is 11.1. The predicted molar refractivity (Wildman–Crippen MR) is 85.6 cm³/mol. The number of ether oxygens (including phenoxy) is 1. The van der Waals surface area contributed by atoms with Crippen molar-refractivity contribution < 1.29 is 4.74 Å². The fourth-order valence-electron chi connectivity index (χ4n) is 2.51. The molecule has 4 heteroatoms. The van der Waals surface area contributed by atoms with Crippen LogP contribution in [0.4, 0.5) is 0 Å². The van der Waals surface area contributed by atoms with Crippen molar-refractivity contribution in [3.8, 4) is 5.75 Å². The molecule has 0 fully saturated rings. The molecule has 0 bridgehead atoms. The van der Waals surface area contributed by atoms with E-state index >= 15 is 0 Å². The van der Waals surface area contributed by atoms with Gasteiger partial charge >= 0.3 is 0 Å². The SMILES string of the molecule is Cc1ccc(C(N)c2cc(Cl)cc3c2OCC3)cc1Br. The minimum absolute atomic E-state index is 0.238. The first-order valence-corrected chi connectivity index (χ1v) is 7.70. The van der Waals surface area contributed by atoms with E-state index in [1.54, 1.807) is 0 Å². The van der Waals surface area contributed by atoms with Crippen LogP contribution in [0.15, 0.2) is 34.8 Å². The molecule has 2 N–H and O–H groups in total. The van der Waals surface area contributed by atoms with Crippen LogP contribution in [0.2, 0.25) is 5.02 Å². The molecule has 0 spiro atoms. The van der Waals surface area contributed by atoms with Crippen LogP contribution < -0.4 is 10.5 Å². The summed E-state index contributed by atoms with van der Waals surface area (Å²) < 4.78 is 6.79. The van der Waals surface area contributed by atoms with Crippen molar-refractivity contribution in [3.63, 3.8) is 0 Å². The van der Waals surface area contributed by atoms with Crippen molar-refractivity contribution in [2.24, 2.45) is 5.73 Å². The Hall–Kier alpha value is -1.03. The summed E-state index contributed by atoms with van der Waals surface area (Å²) in [7, 11) is 0. The van der Waals surface area contributed by atoms with Gasteiger partial charge in [0.2, 0.25) is 0 Å². The molecule has 0 amide bonds. The molecule has 0 radical (unpaired) electrons. The summed E-state index contributed by atoms with van der Waals surface area (Å²) in [6, 6.07) is 9.80. The number of halogens is 2. The van der Waals surface area contributed by atoms with Crippen molar-refractivity contribution in [1.82, 2.24) is 0 Å². The number of nitrogens with two attached hydrogens (primary N) is 1. The van der Waals surface area contributed by atoms with E-state index in [-0.39, 0.29) is 6.04 Å². The van der Waals surface area contributed by atoms with Gasteiger partial charge in [-0.25, -0.2) is 0 Å². The Morgan fingerprint density at radius 3 is 2.85 bits per heavy atom. The van der Waals surface area contributed by atoms with Crippen molar-refractivity contribution in [2.75, 3.05) is 6.61 Å². The van der Waals surface area contributed by atoms with Gasteiger partial charge in [-0.2, -0.15) is 0 Å². The van der Waals surface area contributed by atoms with E-state index in [1.165, 1.54) is 5.56 Å². The van der Waals surface area contributed by atoms with Gasteiger partial charge in [0.25, 0.3) is 0 Å².